The number of anilines is 1. The third-order valence-electron chi connectivity index (χ3n) is 3.15. The lowest BCUT2D eigenvalue weighted by Crippen LogP contribution is -2.36. The molecule has 0 unspecified atom stereocenters. The molecule has 3 N–H and O–H groups in total. The van der Waals surface area contributed by atoms with Crippen LogP contribution in [-0.2, 0) is 4.79 Å². The van der Waals surface area contributed by atoms with Crippen LogP contribution in [0.25, 0.3) is 11.3 Å². The smallest absolute Gasteiger partial charge is 0.243 e. The van der Waals surface area contributed by atoms with Gasteiger partial charge in [-0.05, 0) is 36.6 Å². The Hall–Kier alpha value is -1.28. The number of benzene rings is 1. The van der Waals surface area contributed by atoms with Gasteiger partial charge in [0.15, 0.2) is 5.13 Å². The summed E-state index contributed by atoms with van der Waals surface area (Å²) in [6.45, 7) is 0. The maximum absolute atomic E-state index is 12.0. The first-order chi connectivity index (χ1) is 11.0. The van der Waals surface area contributed by atoms with Gasteiger partial charge in [-0.2, -0.15) is 11.8 Å². The molecule has 0 radical (unpaired) electrons. The summed E-state index contributed by atoms with van der Waals surface area (Å²) in [7, 11) is 1.57. The summed E-state index contributed by atoms with van der Waals surface area (Å²) in [5, 5.41) is 5.66. The lowest BCUT2D eigenvalue weighted by molar-refractivity contribution is -0.117. The lowest BCUT2D eigenvalue weighted by atomic mass is 10.2. The minimum Gasteiger partial charge on any atom is -0.495 e. The standard InChI is InChI=1S/C15H18ClN3O2S2/c1-21-13-4-3-9(7-10(13)16)12-8-23-15(18-12)19-14(20)11(17)5-6-22-2/h3-4,7-8,11H,5-6,17H2,1-2H3,(H,18,19,20)/t11-/m0/s1. The van der Waals surface area contributed by atoms with Crippen LogP contribution in [0.1, 0.15) is 6.42 Å². The van der Waals surface area contributed by atoms with Crippen molar-refractivity contribution in [2.24, 2.45) is 5.73 Å². The number of nitrogens with zero attached hydrogens (tertiary/aromatic N) is 1. The Morgan fingerprint density at radius 1 is 1.57 bits per heavy atom. The number of carbonyl (C=O) groups is 1. The van der Waals surface area contributed by atoms with Gasteiger partial charge in [-0.25, -0.2) is 4.98 Å². The van der Waals surface area contributed by atoms with E-state index in [1.54, 1.807) is 31.0 Å². The summed E-state index contributed by atoms with van der Waals surface area (Å²) < 4.78 is 5.13. The Morgan fingerprint density at radius 3 is 3.00 bits per heavy atom. The number of hydrogen-bond donors (Lipinski definition) is 2. The monoisotopic (exact) mass is 371 g/mol. The number of methoxy groups -OCH3 is 1. The molecule has 0 aliphatic heterocycles. The first-order valence-electron chi connectivity index (χ1n) is 6.90. The van der Waals surface area contributed by atoms with Crippen molar-refractivity contribution in [3.63, 3.8) is 0 Å². The lowest BCUT2D eigenvalue weighted by Gasteiger charge is -2.09. The molecule has 0 aliphatic carbocycles. The fraction of sp³-hybridized carbons (Fsp3) is 0.333. The average molecular weight is 372 g/mol. The van der Waals surface area contributed by atoms with Crippen LogP contribution in [0.15, 0.2) is 23.6 Å². The second-order valence-electron chi connectivity index (χ2n) is 4.76. The molecule has 23 heavy (non-hydrogen) atoms. The zero-order valence-corrected chi connectivity index (χ0v) is 15.2. The van der Waals surface area contributed by atoms with Gasteiger partial charge < -0.3 is 15.8 Å². The predicted molar refractivity (Wildman–Crippen MR) is 98.7 cm³/mol. The molecule has 5 nitrogen and oxygen atoms in total. The van der Waals surface area contributed by atoms with E-state index in [2.05, 4.69) is 10.3 Å². The number of rotatable bonds is 7. The third-order valence-corrected chi connectivity index (χ3v) is 4.85. The number of carbonyl (C=O) groups excluding carboxylic acids is 1. The van der Waals surface area contributed by atoms with Crippen molar-refractivity contribution in [1.29, 1.82) is 0 Å². The van der Waals surface area contributed by atoms with E-state index in [1.807, 2.05) is 17.7 Å². The van der Waals surface area contributed by atoms with E-state index in [9.17, 15) is 4.79 Å². The first kappa shape index (κ1) is 18.1. The van der Waals surface area contributed by atoms with Gasteiger partial charge in [-0.1, -0.05) is 11.6 Å². The van der Waals surface area contributed by atoms with Crippen molar-refractivity contribution in [3.05, 3.63) is 28.6 Å². The van der Waals surface area contributed by atoms with Crippen molar-refractivity contribution in [1.82, 2.24) is 4.98 Å². The zero-order valence-electron chi connectivity index (χ0n) is 12.8. The van der Waals surface area contributed by atoms with Crippen LogP contribution >= 0.6 is 34.7 Å². The number of amides is 1. The van der Waals surface area contributed by atoms with Crippen LogP contribution in [-0.4, -0.2) is 36.1 Å². The summed E-state index contributed by atoms with van der Waals surface area (Å²) in [4.78, 5) is 16.4. The number of nitrogens with two attached hydrogens (primary N) is 1. The minimum absolute atomic E-state index is 0.215. The van der Waals surface area contributed by atoms with Crippen LogP contribution in [0.5, 0.6) is 5.75 Å². The molecular formula is C15H18ClN3O2S2. The van der Waals surface area contributed by atoms with E-state index < -0.39 is 6.04 Å². The molecule has 1 aromatic carbocycles. The number of aromatic nitrogens is 1. The predicted octanol–water partition coefficient (Wildman–Crippen LogP) is 3.49. The molecule has 0 saturated heterocycles. The van der Waals surface area contributed by atoms with Gasteiger partial charge >= 0.3 is 0 Å². The van der Waals surface area contributed by atoms with E-state index in [0.717, 1.165) is 17.0 Å². The summed E-state index contributed by atoms with van der Waals surface area (Å²) in [6, 6.07) is 4.92. The fourth-order valence-electron chi connectivity index (χ4n) is 1.86. The molecule has 124 valence electrons. The molecule has 2 aromatic rings. The Balaban J connectivity index is 2.06. The molecule has 1 amide bonds. The Bertz CT molecular complexity index is 678. The van der Waals surface area contributed by atoms with Gasteiger partial charge in [-0.15, -0.1) is 11.3 Å². The van der Waals surface area contributed by atoms with E-state index in [4.69, 9.17) is 22.1 Å². The number of hydrogen-bond acceptors (Lipinski definition) is 6. The Morgan fingerprint density at radius 2 is 2.35 bits per heavy atom. The number of ether oxygens (including phenoxy) is 1. The summed E-state index contributed by atoms with van der Waals surface area (Å²) in [6.07, 6.45) is 2.62. The number of nitrogens with one attached hydrogen (secondary N) is 1. The Labute approximate surface area is 148 Å². The number of thiazole rings is 1. The van der Waals surface area contributed by atoms with Crippen molar-refractivity contribution in [2.45, 2.75) is 12.5 Å². The highest BCUT2D eigenvalue weighted by Crippen LogP contribution is 2.31. The highest BCUT2D eigenvalue weighted by molar-refractivity contribution is 7.98. The fourth-order valence-corrected chi connectivity index (χ4v) is 3.33. The SMILES string of the molecule is COc1ccc(-c2csc(NC(=O)[C@@H](N)CCSC)n2)cc1Cl. The van der Waals surface area contributed by atoms with E-state index >= 15 is 0 Å². The van der Waals surface area contributed by atoms with E-state index in [1.165, 1.54) is 11.3 Å². The first-order valence-corrected chi connectivity index (χ1v) is 9.55. The van der Waals surface area contributed by atoms with Crippen molar-refractivity contribution in [2.75, 3.05) is 24.4 Å². The van der Waals surface area contributed by atoms with Crippen LogP contribution in [0, 0.1) is 0 Å². The summed E-state index contributed by atoms with van der Waals surface area (Å²) in [5.41, 5.74) is 7.44. The van der Waals surface area contributed by atoms with Gasteiger partial charge in [0.2, 0.25) is 5.91 Å². The highest BCUT2D eigenvalue weighted by Gasteiger charge is 2.15. The normalized spacial score (nSPS) is 12.0. The average Bonchev–Trinajstić information content (AvgIpc) is 3.00. The molecule has 1 atom stereocenters. The number of thioether (sulfide) groups is 1. The van der Waals surface area contributed by atoms with Crippen molar-refractivity contribution in [3.8, 4) is 17.0 Å². The van der Waals surface area contributed by atoms with Crippen LogP contribution in [0.4, 0.5) is 5.13 Å². The molecule has 0 aliphatic rings. The minimum atomic E-state index is -0.523. The topological polar surface area (TPSA) is 77.2 Å². The van der Waals surface area contributed by atoms with Gasteiger partial charge in [0.25, 0.3) is 0 Å². The molecule has 1 heterocycles. The molecule has 2 rings (SSSR count). The Kier molecular flexibility index (Phi) is 6.71. The van der Waals surface area contributed by atoms with Crippen LogP contribution in [0.3, 0.4) is 0 Å². The quantitative estimate of drug-likeness (QED) is 0.779. The maximum atomic E-state index is 12.0. The van der Waals surface area contributed by atoms with E-state index in [0.29, 0.717) is 22.3 Å². The highest BCUT2D eigenvalue weighted by atomic mass is 35.5. The molecule has 0 bridgehead atoms. The van der Waals surface area contributed by atoms with E-state index in [-0.39, 0.29) is 5.91 Å². The van der Waals surface area contributed by atoms with Gasteiger partial charge in [-0.3, -0.25) is 4.79 Å². The number of halogens is 1. The van der Waals surface area contributed by atoms with Gasteiger partial charge in [0.05, 0.1) is 23.9 Å². The summed E-state index contributed by atoms with van der Waals surface area (Å²) in [5.74, 6) is 1.24. The molecule has 1 aromatic heterocycles. The molecule has 0 saturated carbocycles. The zero-order chi connectivity index (χ0) is 16.8. The second kappa shape index (κ2) is 8.54. The molecule has 0 fully saturated rings. The van der Waals surface area contributed by atoms with Crippen molar-refractivity contribution >= 4 is 45.7 Å². The molecule has 0 spiro atoms. The van der Waals surface area contributed by atoms with Crippen LogP contribution in [0.2, 0.25) is 5.02 Å². The van der Waals surface area contributed by atoms with Crippen LogP contribution < -0.4 is 15.8 Å². The largest absolute Gasteiger partial charge is 0.495 e. The maximum Gasteiger partial charge on any atom is 0.243 e. The second-order valence-corrected chi connectivity index (χ2v) is 7.02. The van der Waals surface area contributed by atoms with Gasteiger partial charge in [0.1, 0.15) is 5.75 Å². The van der Waals surface area contributed by atoms with Gasteiger partial charge in [0, 0.05) is 10.9 Å². The third kappa shape index (κ3) is 4.84. The molecular weight excluding hydrogens is 354 g/mol. The molecule has 8 heteroatoms. The van der Waals surface area contributed by atoms with Crippen molar-refractivity contribution < 1.29 is 9.53 Å². The summed E-state index contributed by atoms with van der Waals surface area (Å²) >= 11 is 9.14.